The number of ketones is 1. The topological polar surface area (TPSA) is 26.3 Å². The lowest BCUT2D eigenvalue weighted by Crippen LogP contribution is -2.04. The molecular formula is C15H11F3O2. The van der Waals surface area contributed by atoms with Crippen molar-refractivity contribution in [3.63, 3.8) is 0 Å². The van der Waals surface area contributed by atoms with Gasteiger partial charge in [-0.25, -0.2) is 0 Å². The predicted octanol–water partition coefficient (Wildman–Crippen LogP) is 4.70. The Morgan fingerprint density at radius 1 is 1.00 bits per heavy atom. The first-order valence-corrected chi connectivity index (χ1v) is 5.82. The number of carbonyl (C=O) groups is 1. The molecule has 0 radical (unpaired) electrons. The molecule has 0 bridgehead atoms. The summed E-state index contributed by atoms with van der Waals surface area (Å²) in [6, 6.07) is 10.9. The smallest absolute Gasteiger partial charge is 0.416 e. The first kappa shape index (κ1) is 14.1. The fourth-order valence-corrected chi connectivity index (χ4v) is 1.65. The molecule has 0 saturated carbocycles. The predicted molar refractivity (Wildman–Crippen MR) is 68.0 cm³/mol. The van der Waals surface area contributed by atoms with Crippen molar-refractivity contribution in [1.29, 1.82) is 0 Å². The molecule has 0 amide bonds. The molecule has 0 spiro atoms. The average molecular weight is 280 g/mol. The highest BCUT2D eigenvalue weighted by Crippen LogP contribution is 2.32. The molecule has 2 aromatic rings. The van der Waals surface area contributed by atoms with Crippen molar-refractivity contribution in [1.82, 2.24) is 0 Å². The Labute approximate surface area is 113 Å². The lowest BCUT2D eigenvalue weighted by molar-refractivity contribution is -0.137. The summed E-state index contributed by atoms with van der Waals surface area (Å²) in [5, 5.41) is 0. The van der Waals surface area contributed by atoms with Gasteiger partial charge in [0.25, 0.3) is 0 Å². The Morgan fingerprint density at radius 3 is 2.20 bits per heavy atom. The third-order valence-electron chi connectivity index (χ3n) is 2.64. The Balaban J connectivity index is 2.26. The molecule has 0 saturated heterocycles. The van der Waals surface area contributed by atoms with Crippen LogP contribution in [0.3, 0.4) is 0 Å². The quantitative estimate of drug-likeness (QED) is 0.762. The van der Waals surface area contributed by atoms with E-state index in [9.17, 15) is 18.0 Å². The van der Waals surface area contributed by atoms with Gasteiger partial charge >= 0.3 is 6.18 Å². The zero-order chi connectivity index (χ0) is 14.8. The Hall–Kier alpha value is -2.30. The molecule has 0 heterocycles. The van der Waals surface area contributed by atoms with Gasteiger partial charge in [0.05, 0.1) is 5.56 Å². The fraction of sp³-hybridized carbons (Fsp3) is 0.133. The Bertz CT molecular complexity index is 633. The van der Waals surface area contributed by atoms with E-state index < -0.39 is 11.7 Å². The van der Waals surface area contributed by atoms with Crippen LogP contribution >= 0.6 is 0 Å². The highest BCUT2D eigenvalue weighted by molar-refractivity contribution is 5.94. The maximum Gasteiger partial charge on any atom is 0.416 e. The van der Waals surface area contributed by atoms with Gasteiger partial charge in [-0.1, -0.05) is 18.2 Å². The molecule has 2 nitrogen and oxygen atoms in total. The van der Waals surface area contributed by atoms with Crippen LogP contribution in [0.1, 0.15) is 22.8 Å². The molecule has 0 atom stereocenters. The van der Waals surface area contributed by atoms with Crippen LogP contribution in [-0.2, 0) is 6.18 Å². The summed E-state index contributed by atoms with van der Waals surface area (Å²) in [7, 11) is 0. The van der Waals surface area contributed by atoms with Crippen LogP contribution in [-0.4, -0.2) is 5.78 Å². The van der Waals surface area contributed by atoms with E-state index in [4.69, 9.17) is 4.74 Å². The summed E-state index contributed by atoms with van der Waals surface area (Å²) in [5.41, 5.74) is -0.341. The van der Waals surface area contributed by atoms with Gasteiger partial charge < -0.3 is 4.74 Å². The average Bonchev–Trinajstić information content (AvgIpc) is 2.38. The number of rotatable bonds is 3. The number of halogens is 3. The molecule has 2 rings (SSSR count). The second-order valence-electron chi connectivity index (χ2n) is 4.21. The van der Waals surface area contributed by atoms with Crippen molar-refractivity contribution in [2.24, 2.45) is 0 Å². The van der Waals surface area contributed by atoms with Gasteiger partial charge in [-0.2, -0.15) is 13.2 Å². The molecule has 0 aliphatic heterocycles. The number of benzene rings is 2. The number of Topliss-reactive ketones (excluding diaryl/α,β-unsaturated/α-hetero) is 1. The van der Waals surface area contributed by atoms with Gasteiger partial charge in [0.15, 0.2) is 5.78 Å². The summed E-state index contributed by atoms with van der Waals surface area (Å²) < 4.78 is 43.1. The van der Waals surface area contributed by atoms with Crippen molar-refractivity contribution in [3.05, 3.63) is 59.7 Å². The summed E-state index contributed by atoms with van der Waals surface area (Å²) >= 11 is 0. The van der Waals surface area contributed by atoms with Crippen LogP contribution in [0.15, 0.2) is 48.5 Å². The molecule has 0 unspecified atom stereocenters. The largest absolute Gasteiger partial charge is 0.457 e. The van der Waals surface area contributed by atoms with Crippen LogP contribution in [0, 0.1) is 0 Å². The third kappa shape index (κ3) is 3.38. The van der Waals surface area contributed by atoms with Crippen LogP contribution in [0.4, 0.5) is 13.2 Å². The molecule has 104 valence electrons. The minimum Gasteiger partial charge on any atom is -0.457 e. The first-order chi connectivity index (χ1) is 9.36. The molecule has 20 heavy (non-hydrogen) atoms. The minimum atomic E-state index is -4.42. The zero-order valence-corrected chi connectivity index (χ0v) is 10.6. The van der Waals surface area contributed by atoms with E-state index in [2.05, 4.69) is 0 Å². The van der Waals surface area contributed by atoms with Gasteiger partial charge in [-0.05, 0) is 37.3 Å². The van der Waals surface area contributed by atoms with Crippen molar-refractivity contribution >= 4 is 5.78 Å². The van der Waals surface area contributed by atoms with Gasteiger partial charge in [-0.3, -0.25) is 4.79 Å². The highest BCUT2D eigenvalue weighted by Gasteiger charge is 2.30. The first-order valence-electron chi connectivity index (χ1n) is 5.82. The van der Waals surface area contributed by atoms with E-state index in [1.807, 2.05) is 0 Å². The van der Waals surface area contributed by atoms with Crippen molar-refractivity contribution in [2.75, 3.05) is 0 Å². The van der Waals surface area contributed by atoms with Gasteiger partial charge in [0.1, 0.15) is 11.5 Å². The van der Waals surface area contributed by atoms with E-state index in [0.717, 1.165) is 12.1 Å². The number of ether oxygens (including phenoxy) is 1. The molecule has 2 aromatic carbocycles. The highest BCUT2D eigenvalue weighted by atomic mass is 19.4. The van der Waals surface area contributed by atoms with Crippen LogP contribution in [0.5, 0.6) is 11.5 Å². The summed E-state index contributed by atoms with van der Waals surface area (Å²) in [6.07, 6.45) is -4.42. The van der Waals surface area contributed by atoms with Crippen LogP contribution in [0.2, 0.25) is 0 Å². The monoisotopic (exact) mass is 280 g/mol. The standard InChI is InChI=1S/C15H11F3O2/c1-10(19)11-4-2-6-13(8-11)20-14-7-3-5-12(9-14)15(16,17)18/h2-9H,1H3. The molecule has 0 fully saturated rings. The normalized spacial score (nSPS) is 11.2. The maximum atomic E-state index is 12.6. The van der Waals surface area contributed by atoms with Crippen LogP contribution in [0.25, 0.3) is 0 Å². The fourth-order valence-electron chi connectivity index (χ4n) is 1.65. The maximum absolute atomic E-state index is 12.6. The molecule has 0 N–H and O–H groups in total. The second-order valence-corrected chi connectivity index (χ2v) is 4.21. The summed E-state index contributed by atoms with van der Waals surface area (Å²) in [4.78, 5) is 11.2. The molecule has 0 aromatic heterocycles. The molecular weight excluding hydrogens is 269 g/mol. The second kappa shape index (κ2) is 5.36. The van der Waals surface area contributed by atoms with E-state index in [1.165, 1.54) is 25.1 Å². The SMILES string of the molecule is CC(=O)c1cccc(Oc2cccc(C(F)(F)F)c2)c1. The number of hydrogen-bond donors (Lipinski definition) is 0. The minimum absolute atomic E-state index is 0.0699. The van der Waals surface area contributed by atoms with Gasteiger partial charge in [0, 0.05) is 5.56 Å². The number of carbonyl (C=O) groups excluding carboxylic acids is 1. The zero-order valence-electron chi connectivity index (χ0n) is 10.6. The molecule has 0 aliphatic rings. The van der Waals surface area contributed by atoms with E-state index in [-0.39, 0.29) is 11.5 Å². The van der Waals surface area contributed by atoms with E-state index >= 15 is 0 Å². The van der Waals surface area contributed by atoms with E-state index in [0.29, 0.717) is 11.3 Å². The molecule has 5 heteroatoms. The Kier molecular flexibility index (Phi) is 3.79. The number of alkyl halides is 3. The lowest BCUT2D eigenvalue weighted by atomic mass is 10.1. The van der Waals surface area contributed by atoms with Crippen LogP contribution < -0.4 is 4.74 Å². The van der Waals surface area contributed by atoms with Gasteiger partial charge in [0.2, 0.25) is 0 Å². The lowest BCUT2D eigenvalue weighted by Gasteiger charge is -2.10. The number of hydrogen-bond acceptors (Lipinski definition) is 2. The summed E-state index contributed by atoms with van der Waals surface area (Å²) in [6.45, 7) is 1.41. The third-order valence-corrected chi connectivity index (χ3v) is 2.64. The van der Waals surface area contributed by atoms with E-state index in [1.54, 1.807) is 18.2 Å². The summed E-state index contributed by atoms with van der Waals surface area (Å²) in [5.74, 6) is 0.247. The Morgan fingerprint density at radius 2 is 1.60 bits per heavy atom. The molecule has 0 aliphatic carbocycles. The van der Waals surface area contributed by atoms with Crippen molar-refractivity contribution in [3.8, 4) is 11.5 Å². The van der Waals surface area contributed by atoms with Gasteiger partial charge in [-0.15, -0.1) is 0 Å². The van der Waals surface area contributed by atoms with Crippen molar-refractivity contribution in [2.45, 2.75) is 13.1 Å². The van der Waals surface area contributed by atoms with Crippen molar-refractivity contribution < 1.29 is 22.7 Å².